The molecule has 5 rings (SSSR count). The molecule has 1 unspecified atom stereocenters. The van der Waals surface area contributed by atoms with Crippen molar-refractivity contribution in [3.8, 4) is 5.75 Å². The van der Waals surface area contributed by atoms with Crippen LogP contribution >= 0.6 is 0 Å². The number of methoxy groups -OCH3 is 1. The third-order valence-corrected chi connectivity index (χ3v) is 6.77. The fourth-order valence-corrected chi connectivity index (χ4v) is 4.71. The average molecular weight is 401 g/mol. The first kappa shape index (κ1) is 18.4. The number of carboxylic acids is 1. The van der Waals surface area contributed by atoms with E-state index in [9.17, 15) is 19.1 Å². The molecule has 2 aliphatic carbocycles. The first-order valence-corrected chi connectivity index (χ1v) is 10.0. The first-order valence-electron chi connectivity index (χ1n) is 10.0. The Hall–Kier alpha value is -2.61. The Morgan fingerprint density at radius 2 is 2.10 bits per heavy atom. The van der Waals surface area contributed by atoms with Crippen molar-refractivity contribution >= 4 is 22.6 Å². The van der Waals surface area contributed by atoms with E-state index in [1.807, 2.05) is 0 Å². The molecule has 0 spiro atoms. The van der Waals surface area contributed by atoms with E-state index in [-0.39, 0.29) is 16.5 Å². The summed E-state index contributed by atoms with van der Waals surface area (Å²) in [7, 11) is 1.52. The highest BCUT2D eigenvalue weighted by atomic mass is 19.1. The van der Waals surface area contributed by atoms with Gasteiger partial charge in [-0.15, -0.1) is 0 Å². The minimum Gasteiger partial charge on any atom is -0.492 e. The second kappa shape index (κ2) is 6.19. The predicted octanol–water partition coefficient (Wildman–Crippen LogP) is 2.31. The molecule has 0 bridgehead atoms. The van der Waals surface area contributed by atoms with Crippen LogP contribution in [0.4, 0.5) is 10.1 Å². The van der Waals surface area contributed by atoms with Crippen molar-refractivity contribution < 1.29 is 19.0 Å². The van der Waals surface area contributed by atoms with E-state index in [0.29, 0.717) is 23.6 Å². The van der Waals surface area contributed by atoms with Gasteiger partial charge in [0.2, 0.25) is 5.43 Å². The molecule has 2 aromatic rings. The zero-order valence-corrected chi connectivity index (χ0v) is 16.2. The largest absolute Gasteiger partial charge is 0.492 e. The molecule has 3 atom stereocenters. The van der Waals surface area contributed by atoms with Gasteiger partial charge < -0.3 is 25.0 Å². The average Bonchev–Trinajstić information content (AvgIpc) is 3.56. The lowest BCUT2D eigenvalue weighted by Crippen LogP contribution is -2.34. The molecule has 0 amide bonds. The number of hydrogen-bond acceptors (Lipinski definition) is 5. The number of alkyl halides is 1. The number of carbonyl (C=O) groups is 1. The second-order valence-electron chi connectivity index (χ2n) is 8.58. The summed E-state index contributed by atoms with van der Waals surface area (Å²) in [6.45, 7) is 1.64. The maximum Gasteiger partial charge on any atom is 0.341 e. The summed E-state index contributed by atoms with van der Waals surface area (Å²) in [4.78, 5) is 26.5. The molecule has 3 N–H and O–H groups in total. The molecule has 3 fully saturated rings. The Kier molecular flexibility index (Phi) is 3.93. The van der Waals surface area contributed by atoms with Gasteiger partial charge in [-0.05, 0) is 37.3 Å². The predicted molar refractivity (Wildman–Crippen MR) is 107 cm³/mol. The minimum atomic E-state index is -1.31. The number of carboxylic acid groups (broad SMARTS) is 1. The third kappa shape index (κ3) is 2.80. The molecule has 29 heavy (non-hydrogen) atoms. The van der Waals surface area contributed by atoms with E-state index >= 15 is 0 Å². The van der Waals surface area contributed by atoms with E-state index in [1.165, 1.54) is 13.3 Å². The molecule has 0 radical (unpaired) electrons. The van der Waals surface area contributed by atoms with Crippen LogP contribution in [0.2, 0.25) is 0 Å². The first-order chi connectivity index (χ1) is 13.8. The highest BCUT2D eigenvalue weighted by molar-refractivity contribution is 5.97. The summed E-state index contributed by atoms with van der Waals surface area (Å²) in [6.07, 6.45) is 3.60. The Morgan fingerprint density at radius 1 is 1.38 bits per heavy atom. The smallest absolute Gasteiger partial charge is 0.341 e. The number of fused-ring (bicyclic) bond motifs is 1. The lowest BCUT2D eigenvalue weighted by molar-refractivity contribution is 0.0694. The number of aromatic carboxylic acids is 1. The molecular formula is C21H24FN3O4. The van der Waals surface area contributed by atoms with Crippen LogP contribution in [0, 0.1) is 5.92 Å². The summed E-state index contributed by atoms with van der Waals surface area (Å²) in [5.41, 5.74) is 6.70. The van der Waals surface area contributed by atoms with Gasteiger partial charge in [0.25, 0.3) is 0 Å². The maximum atomic E-state index is 13.9. The number of rotatable bonds is 5. The van der Waals surface area contributed by atoms with Gasteiger partial charge in [0, 0.05) is 31.2 Å². The lowest BCUT2D eigenvalue weighted by Gasteiger charge is -2.25. The van der Waals surface area contributed by atoms with Crippen LogP contribution in [0.5, 0.6) is 5.75 Å². The molecule has 2 saturated carbocycles. The van der Waals surface area contributed by atoms with Crippen LogP contribution in [0.1, 0.15) is 42.1 Å². The van der Waals surface area contributed by atoms with Gasteiger partial charge >= 0.3 is 5.97 Å². The van der Waals surface area contributed by atoms with Gasteiger partial charge in [-0.25, -0.2) is 9.18 Å². The molecule has 8 heteroatoms. The SMILES string of the molecule is COc1c(N2CCC(C3(N)CC3)C2)ccc2c(=O)c(C(=O)O)cn([C@@H]3C[C@@H]3F)c12. The van der Waals surface area contributed by atoms with E-state index in [2.05, 4.69) is 4.90 Å². The lowest BCUT2D eigenvalue weighted by atomic mass is 9.97. The normalized spacial score (nSPS) is 27.3. The number of benzene rings is 1. The van der Waals surface area contributed by atoms with Gasteiger partial charge in [0.1, 0.15) is 11.7 Å². The standard InChI is InChI=1S/C21H24FN3O4/c1-29-19-15(24-7-4-11(9-24)21(23)5-6-21)3-2-12-17(19)25(16-8-14(16)22)10-13(18(12)26)20(27)28/h2-3,10-11,14,16H,4-9,23H2,1H3,(H,27,28)/t11?,14-,16+/m0/s1. The third-order valence-electron chi connectivity index (χ3n) is 6.77. The Morgan fingerprint density at radius 3 is 2.69 bits per heavy atom. The molecule has 1 aliphatic heterocycles. The van der Waals surface area contributed by atoms with Gasteiger partial charge in [0.15, 0.2) is 5.75 Å². The number of aromatic nitrogens is 1. The number of pyridine rings is 1. The number of halogens is 1. The van der Waals surface area contributed by atoms with Crippen molar-refractivity contribution in [3.63, 3.8) is 0 Å². The van der Waals surface area contributed by atoms with Crippen molar-refractivity contribution in [2.75, 3.05) is 25.1 Å². The van der Waals surface area contributed by atoms with Crippen LogP contribution in [-0.4, -0.2) is 47.6 Å². The highest BCUT2D eigenvalue weighted by Crippen LogP contribution is 2.47. The summed E-state index contributed by atoms with van der Waals surface area (Å²) in [6, 6.07) is 2.96. The Labute approximate surface area is 166 Å². The minimum absolute atomic E-state index is 0.0627. The van der Waals surface area contributed by atoms with Crippen molar-refractivity contribution in [2.45, 2.75) is 43.4 Å². The van der Waals surface area contributed by atoms with Crippen LogP contribution in [-0.2, 0) is 0 Å². The van der Waals surface area contributed by atoms with Crippen LogP contribution < -0.4 is 20.8 Å². The fraction of sp³-hybridized carbons (Fsp3) is 0.524. The molecule has 1 saturated heterocycles. The zero-order chi connectivity index (χ0) is 20.5. The van der Waals surface area contributed by atoms with Crippen molar-refractivity contribution in [1.29, 1.82) is 0 Å². The number of hydrogen-bond donors (Lipinski definition) is 2. The quantitative estimate of drug-likeness (QED) is 0.798. The van der Waals surface area contributed by atoms with E-state index in [0.717, 1.165) is 38.0 Å². The highest BCUT2D eigenvalue weighted by Gasteiger charge is 2.48. The summed E-state index contributed by atoms with van der Waals surface area (Å²) in [5, 5.41) is 9.66. The second-order valence-corrected chi connectivity index (χ2v) is 8.58. The molecule has 2 heterocycles. The van der Waals surface area contributed by atoms with Crippen LogP contribution in [0.15, 0.2) is 23.1 Å². The fourth-order valence-electron chi connectivity index (χ4n) is 4.71. The molecule has 1 aromatic heterocycles. The van der Waals surface area contributed by atoms with Crippen LogP contribution in [0.25, 0.3) is 10.9 Å². The van der Waals surface area contributed by atoms with E-state index in [1.54, 1.807) is 16.7 Å². The van der Waals surface area contributed by atoms with Crippen molar-refractivity contribution in [1.82, 2.24) is 4.57 Å². The molecular weight excluding hydrogens is 377 g/mol. The number of ether oxygens (including phenoxy) is 1. The Balaban J connectivity index is 1.67. The molecule has 7 nitrogen and oxygen atoms in total. The van der Waals surface area contributed by atoms with Crippen molar-refractivity contribution in [2.24, 2.45) is 11.7 Å². The molecule has 3 aliphatic rings. The summed E-state index contributed by atoms with van der Waals surface area (Å²) in [5.74, 6) is -0.416. The van der Waals surface area contributed by atoms with E-state index < -0.39 is 23.6 Å². The van der Waals surface area contributed by atoms with Gasteiger partial charge in [-0.3, -0.25) is 4.79 Å². The number of anilines is 1. The van der Waals surface area contributed by atoms with Crippen molar-refractivity contribution in [3.05, 3.63) is 34.1 Å². The van der Waals surface area contributed by atoms with Crippen LogP contribution in [0.3, 0.4) is 0 Å². The van der Waals surface area contributed by atoms with Gasteiger partial charge in [-0.2, -0.15) is 0 Å². The zero-order valence-electron chi connectivity index (χ0n) is 16.2. The summed E-state index contributed by atoms with van der Waals surface area (Å²) < 4.78 is 21.2. The number of nitrogens with zero attached hydrogens (tertiary/aromatic N) is 2. The van der Waals surface area contributed by atoms with E-state index in [4.69, 9.17) is 10.5 Å². The summed E-state index contributed by atoms with van der Waals surface area (Å²) >= 11 is 0. The Bertz CT molecular complexity index is 1080. The van der Waals surface area contributed by atoms with Gasteiger partial charge in [-0.1, -0.05) is 0 Å². The maximum absolute atomic E-state index is 13.9. The topological polar surface area (TPSA) is 97.8 Å². The molecule has 1 aromatic carbocycles. The number of nitrogens with two attached hydrogens (primary N) is 1. The molecule has 154 valence electrons. The van der Waals surface area contributed by atoms with Gasteiger partial charge in [0.05, 0.1) is 29.7 Å². The monoisotopic (exact) mass is 401 g/mol.